The molecule has 5 nitrogen and oxygen atoms in total. The van der Waals surface area contributed by atoms with Gasteiger partial charge in [0.05, 0.1) is 30.4 Å². The molecule has 122 valence electrons. The molecule has 1 aromatic heterocycles. The number of carbonyl (C=O) groups excluding carboxylic acids is 1. The van der Waals surface area contributed by atoms with Crippen molar-refractivity contribution in [3.05, 3.63) is 23.0 Å². The molecule has 0 spiro atoms. The highest BCUT2D eigenvalue weighted by molar-refractivity contribution is 6.31. The SMILES string of the molecule is Cn1cc(Cl)cc1C(=O)N1CCOC[C@@H]1[C@H]1CCCC[C@H]1O. The van der Waals surface area contributed by atoms with E-state index in [-0.39, 0.29) is 24.0 Å². The first-order valence-electron chi connectivity index (χ1n) is 7.96. The number of hydrogen-bond acceptors (Lipinski definition) is 3. The zero-order valence-electron chi connectivity index (χ0n) is 12.9. The third-order valence-electron chi connectivity index (χ3n) is 4.89. The van der Waals surface area contributed by atoms with E-state index in [0.29, 0.717) is 30.5 Å². The number of amides is 1. The van der Waals surface area contributed by atoms with Gasteiger partial charge in [0.15, 0.2) is 0 Å². The number of rotatable bonds is 2. The Bertz CT molecular complexity index is 545. The first kappa shape index (κ1) is 15.8. The smallest absolute Gasteiger partial charge is 0.270 e. The van der Waals surface area contributed by atoms with E-state index in [0.717, 1.165) is 25.7 Å². The van der Waals surface area contributed by atoms with Crippen molar-refractivity contribution in [1.29, 1.82) is 0 Å². The molecule has 0 radical (unpaired) electrons. The second-order valence-electron chi connectivity index (χ2n) is 6.31. The average molecular weight is 327 g/mol. The largest absolute Gasteiger partial charge is 0.393 e. The lowest BCUT2D eigenvalue weighted by molar-refractivity contribution is -0.0565. The van der Waals surface area contributed by atoms with Gasteiger partial charge in [-0.05, 0) is 18.9 Å². The van der Waals surface area contributed by atoms with Crippen molar-refractivity contribution in [1.82, 2.24) is 9.47 Å². The molecule has 1 aromatic rings. The Kier molecular flexibility index (Phi) is 4.76. The first-order valence-corrected chi connectivity index (χ1v) is 8.34. The van der Waals surface area contributed by atoms with Crippen molar-refractivity contribution in [2.24, 2.45) is 13.0 Å². The molecule has 2 aliphatic rings. The minimum absolute atomic E-state index is 0.0273. The molecule has 1 saturated heterocycles. The Hall–Kier alpha value is -1.04. The van der Waals surface area contributed by atoms with Gasteiger partial charge in [0.2, 0.25) is 0 Å². The predicted molar refractivity (Wildman–Crippen MR) is 84.0 cm³/mol. The van der Waals surface area contributed by atoms with Crippen molar-refractivity contribution in [2.45, 2.75) is 37.8 Å². The molecule has 1 N–H and O–H groups in total. The topological polar surface area (TPSA) is 54.7 Å². The molecule has 0 unspecified atom stereocenters. The molecule has 1 aliphatic carbocycles. The van der Waals surface area contributed by atoms with Crippen molar-refractivity contribution in [3.63, 3.8) is 0 Å². The lowest BCUT2D eigenvalue weighted by Crippen LogP contribution is -2.55. The Balaban J connectivity index is 1.83. The van der Waals surface area contributed by atoms with Gasteiger partial charge in [-0.3, -0.25) is 4.79 Å². The van der Waals surface area contributed by atoms with Gasteiger partial charge in [0, 0.05) is 25.7 Å². The number of ether oxygens (including phenoxy) is 1. The fraction of sp³-hybridized carbons (Fsp3) is 0.688. The summed E-state index contributed by atoms with van der Waals surface area (Å²) in [5.74, 6) is 0.0780. The van der Waals surface area contributed by atoms with E-state index in [9.17, 15) is 9.90 Å². The van der Waals surface area contributed by atoms with Crippen LogP contribution in [-0.2, 0) is 11.8 Å². The molecule has 1 amide bonds. The zero-order chi connectivity index (χ0) is 15.7. The van der Waals surface area contributed by atoms with E-state index in [1.165, 1.54) is 0 Å². The van der Waals surface area contributed by atoms with Crippen LogP contribution in [0.5, 0.6) is 0 Å². The van der Waals surface area contributed by atoms with Gasteiger partial charge >= 0.3 is 0 Å². The summed E-state index contributed by atoms with van der Waals surface area (Å²) in [4.78, 5) is 14.8. The molecule has 2 fully saturated rings. The van der Waals surface area contributed by atoms with Crippen LogP contribution in [0.15, 0.2) is 12.3 Å². The molecular formula is C16H23ClN2O3. The van der Waals surface area contributed by atoms with Crippen molar-refractivity contribution in [2.75, 3.05) is 19.8 Å². The van der Waals surface area contributed by atoms with Crippen LogP contribution < -0.4 is 0 Å². The van der Waals surface area contributed by atoms with E-state index < -0.39 is 0 Å². The highest BCUT2D eigenvalue weighted by Crippen LogP contribution is 2.31. The normalized spacial score (nSPS) is 29.6. The van der Waals surface area contributed by atoms with Crippen LogP contribution in [0, 0.1) is 5.92 Å². The predicted octanol–water partition coefficient (Wildman–Crippen LogP) is 2.07. The van der Waals surface area contributed by atoms with Crippen LogP contribution in [-0.4, -0.2) is 52.4 Å². The Labute approximate surface area is 135 Å². The average Bonchev–Trinajstić information content (AvgIpc) is 2.86. The summed E-state index contributed by atoms with van der Waals surface area (Å²) in [6, 6.07) is 1.65. The fourth-order valence-corrected chi connectivity index (χ4v) is 3.95. The highest BCUT2D eigenvalue weighted by Gasteiger charge is 2.39. The van der Waals surface area contributed by atoms with Crippen LogP contribution in [0.4, 0.5) is 0 Å². The van der Waals surface area contributed by atoms with Gasteiger partial charge in [-0.2, -0.15) is 0 Å². The lowest BCUT2D eigenvalue weighted by atomic mass is 9.80. The summed E-state index contributed by atoms with van der Waals surface area (Å²) in [6.45, 7) is 1.62. The molecule has 3 rings (SSSR count). The molecule has 6 heteroatoms. The monoisotopic (exact) mass is 326 g/mol. The second-order valence-corrected chi connectivity index (χ2v) is 6.75. The van der Waals surface area contributed by atoms with Gasteiger partial charge in [0.25, 0.3) is 5.91 Å². The van der Waals surface area contributed by atoms with Crippen LogP contribution in [0.2, 0.25) is 5.02 Å². The van der Waals surface area contributed by atoms with E-state index in [2.05, 4.69) is 0 Å². The van der Waals surface area contributed by atoms with E-state index in [1.807, 2.05) is 11.9 Å². The molecule has 2 heterocycles. The van der Waals surface area contributed by atoms with E-state index in [1.54, 1.807) is 16.8 Å². The van der Waals surface area contributed by atoms with Gasteiger partial charge < -0.3 is 19.3 Å². The maximum absolute atomic E-state index is 12.9. The Morgan fingerprint density at radius 3 is 2.86 bits per heavy atom. The number of aromatic nitrogens is 1. The van der Waals surface area contributed by atoms with E-state index in [4.69, 9.17) is 16.3 Å². The number of carbonyl (C=O) groups is 1. The lowest BCUT2D eigenvalue weighted by Gasteiger charge is -2.43. The standard InChI is InChI=1S/C16H23ClN2O3/c1-18-9-11(17)8-13(18)16(21)19-6-7-22-10-14(19)12-4-2-3-5-15(12)20/h8-9,12,14-15,20H,2-7,10H2,1H3/t12-,14-,15-/m1/s1. The van der Waals surface area contributed by atoms with Gasteiger partial charge in [-0.1, -0.05) is 24.4 Å². The maximum atomic E-state index is 12.9. The quantitative estimate of drug-likeness (QED) is 0.905. The van der Waals surface area contributed by atoms with Gasteiger partial charge in [-0.25, -0.2) is 0 Å². The molecule has 1 saturated carbocycles. The third kappa shape index (κ3) is 3.03. The van der Waals surface area contributed by atoms with Crippen molar-refractivity contribution >= 4 is 17.5 Å². The van der Waals surface area contributed by atoms with Crippen LogP contribution in [0.1, 0.15) is 36.2 Å². The summed E-state index contributed by atoms with van der Waals surface area (Å²) in [5, 5.41) is 10.9. The van der Waals surface area contributed by atoms with Crippen molar-refractivity contribution < 1.29 is 14.6 Å². The summed E-state index contributed by atoms with van der Waals surface area (Å²) >= 11 is 6.00. The second kappa shape index (κ2) is 6.60. The molecule has 0 bridgehead atoms. The minimum atomic E-state index is -0.340. The van der Waals surface area contributed by atoms with Crippen LogP contribution in [0.25, 0.3) is 0 Å². The number of aliphatic hydroxyl groups excluding tert-OH is 1. The summed E-state index contributed by atoms with van der Waals surface area (Å²) in [6.07, 6.45) is 5.34. The third-order valence-corrected chi connectivity index (χ3v) is 5.10. The maximum Gasteiger partial charge on any atom is 0.270 e. The number of aliphatic hydroxyl groups is 1. The fourth-order valence-electron chi connectivity index (χ4n) is 3.70. The van der Waals surface area contributed by atoms with Gasteiger partial charge in [0.1, 0.15) is 5.69 Å². The number of aryl methyl sites for hydroxylation is 1. The molecule has 0 aromatic carbocycles. The first-order chi connectivity index (χ1) is 10.6. The molecule has 22 heavy (non-hydrogen) atoms. The zero-order valence-corrected chi connectivity index (χ0v) is 13.6. The highest BCUT2D eigenvalue weighted by atomic mass is 35.5. The number of halogens is 1. The summed E-state index contributed by atoms with van der Waals surface area (Å²) in [5.41, 5.74) is 0.585. The molecular weight excluding hydrogens is 304 g/mol. The molecule has 3 atom stereocenters. The summed E-state index contributed by atoms with van der Waals surface area (Å²) < 4.78 is 7.36. The van der Waals surface area contributed by atoms with Crippen molar-refractivity contribution in [3.8, 4) is 0 Å². The Morgan fingerprint density at radius 1 is 1.41 bits per heavy atom. The van der Waals surface area contributed by atoms with Gasteiger partial charge in [-0.15, -0.1) is 0 Å². The number of morpholine rings is 1. The van der Waals surface area contributed by atoms with Crippen LogP contribution >= 0.6 is 11.6 Å². The van der Waals surface area contributed by atoms with E-state index >= 15 is 0 Å². The number of nitrogens with zero attached hydrogens (tertiary/aromatic N) is 2. The molecule has 1 aliphatic heterocycles. The summed E-state index contributed by atoms with van der Waals surface area (Å²) in [7, 11) is 1.82. The van der Waals surface area contributed by atoms with Crippen LogP contribution in [0.3, 0.4) is 0 Å². The Morgan fingerprint density at radius 2 is 2.18 bits per heavy atom. The number of hydrogen-bond donors (Lipinski definition) is 1. The minimum Gasteiger partial charge on any atom is -0.393 e.